The number of nitrogens with one attached hydrogen (secondary N) is 3. The summed E-state index contributed by atoms with van der Waals surface area (Å²) in [4.78, 5) is 26.9. The SMILES string of the molecule is CC(C)CC(=O)N(NC(=O)CNCc1ccccc1)[C@@H](Cc1ccccc1)[C@H](O)CNC(C(C)C)S(=O)(=O)c1ccccc1. The quantitative estimate of drug-likeness (QED) is 0.180. The van der Waals surface area contributed by atoms with E-state index in [2.05, 4.69) is 16.1 Å². The number of sulfone groups is 1. The summed E-state index contributed by atoms with van der Waals surface area (Å²) in [6, 6.07) is 26.4. The molecule has 0 radical (unpaired) electrons. The molecule has 0 fully saturated rings. The van der Waals surface area contributed by atoms with Crippen LogP contribution >= 0.6 is 0 Å². The van der Waals surface area contributed by atoms with Gasteiger partial charge in [-0.2, -0.15) is 0 Å². The van der Waals surface area contributed by atoms with Crippen molar-refractivity contribution in [3.8, 4) is 0 Å². The van der Waals surface area contributed by atoms with Gasteiger partial charge in [-0.3, -0.25) is 20.3 Å². The Morgan fingerprint density at radius 3 is 1.91 bits per heavy atom. The minimum atomic E-state index is -3.77. The molecule has 0 heterocycles. The molecule has 3 aromatic rings. The Kier molecular flexibility index (Phi) is 13.5. The molecule has 3 atom stereocenters. The van der Waals surface area contributed by atoms with Gasteiger partial charge in [0, 0.05) is 19.5 Å². The van der Waals surface area contributed by atoms with Crippen LogP contribution in [-0.4, -0.2) is 61.0 Å². The number of aliphatic hydroxyl groups excluding tert-OH is 1. The molecule has 9 nitrogen and oxygen atoms in total. The molecule has 0 aromatic heterocycles. The first-order valence-corrected chi connectivity index (χ1v) is 16.6. The molecule has 3 rings (SSSR count). The molecule has 0 aliphatic heterocycles. The fourth-order valence-corrected chi connectivity index (χ4v) is 6.82. The van der Waals surface area contributed by atoms with Crippen LogP contribution in [0.2, 0.25) is 0 Å². The molecule has 10 heteroatoms. The molecule has 2 amide bonds. The van der Waals surface area contributed by atoms with E-state index in [0.29, 0.717) is 6.54 Å². The van der Waals surface area contributed by atoms with Crippen molar-refractivity contribution in [3.05, 3.63) is 102 Å². The molecule has 238 valence electrons. The van der Waals surface area contributed by atoms with E-state index >= 15 is 0 Å². The number of hydrazine groups is 1. The van der Waals surface area contributed by atoms with Gasteiger partial charge >= 0.3 is 0 Å². The summed E-state index contributed by atoms with van der Waals surface area (Å²) in [5.41, 5.74) is 4.62. The maximum absolute atomic E-state index is 13.6. The second-order valence-corrected chi connectivity index (χ2v) is 13.8. The minimum Gasteiger partial charge on any atom is -0.390 e. The van der Waals surface area contributed by atoms with Crippen LogP contribution in [0, 0.1) is 11.8 Å². The lowest BCUT2D eigenvalue weighted by molar-refractivity contribution is -0.148. The van der Waals surface area contributed by atoms with Crippen molar-refractivity contribution in [2.24, 2.45) is 11.8 Å². The average Bonchev–Trinajstić information content (AvgIpc) is 2.99. The van der Waals surface area contributed by atoms with Gasteiger partial charge in [-0.05, 0) is 41.5 Å². The molecule has 4 N–H and O–H groups in total. The molecular weight excluding hydrogens is 576 g/mol. The predicted molar refractivity (Wildman–Crippen MR) is 173 cm³/mol. The van der Waals surface area contributed by atoms with E-state index in [-0.39, 0.29) is 48.6 Å². The van der Waals surface area contributed by atoms with Gasteiger partial charge < -0.3 is 10.4 Å². The Morgan fingerprint density at radius 2 is 1.36 bits per heavy atom. The van der Waals surface area contributed by atoms with Crippen LogP contribution in [0.25, 0.3) is 0 Å². The first-order valence-electron chi connectivity index (χ1n) is 15.1. The van der Waals surface area contributed by atoms with Gasteiger partial charge in [-0.25, -0.2) is 13.4 Å². The summed E-state index contributed by atoms with van der Waals surface area (Å²) in [6.07, 6.45) is -0.820. The van der Waals surface area contributed by atoms with Crippen LogP contribution in [0.15, 0.2) is 95.9 Å². The van der Waals surface area contributed by atoms with Crippen molar-refractivity contribution in [2.75, 3.05) is 13.1 Å². The maximum Gasteiger partial charge on any atom is 0.252 e. The number of nitrogens with zero attached hydrogens (tertiary/aromatic N) is 1. The number of benzene rings is 3. The third kappa shape index (κ3) is 10.6. The fourth-order valence-electron chi connectivity index (χ4n) is 4.96. The summed E-state index contributed by atoms with van der Waals surface area (Å²) in [7, 11) is -3.77. The van der Waals surface area contributed by atoms with Crippen LogP contribution in [-0.2, 0) is 32.4 Å². The first kappa shape index (κ1) is 34.9. The average molecular weight is 623 g/mol. The topological polar surface area (TPSA) is 128 Å². The first-order chi connectivity index (χ1) is 21.0. The Bertz CT molecular complexity index is 1400. The highest BCUT2D eigenvalue weighted by molar-refractivity contribution is 7.92. The van der Waals surface area contributed by atoms with Crippen molar-refractivity contribution in [3.63, 3.8) is 0 Å². The summed E-state index contributed by atoms with van der Waals surface area (Å²) < 4.78 is 27.0. The van der Waals surface area contributed by atoms with E-state index in [1.54, 1.807) is 44.2 Å². The highest BCUT2D eigenvalue weighted by Gasteiger charge is 2.35. The monoisotopic (exact) mass is 622 g/mol. The van der Waals surface area contributed by atoms with Crippen LogP contribution in [0.5, 0.6) is 0 Å². The van der Waals surface area contributed by atoms with Gasteiger partial charge in [0.2, 0.25) is 5.91 Å². The molecule has 0 saturated heterocycles. The van der Waals surface area contributed by atoms with E-state index in [4.69, 9.17) is 0 Å². The lowest BCUT2D eigenvalue weighted by atomic mass is 9.99. The third-order valence-electron chi connectivity index (χ3n) is 7.16. The van der Waals surface area contributed by atoms with Crippen molar-refractivity contribution < 1.29 is 23.1 Å². The van der Waals surface area contributed by atoms with Gasteiger partial charge in [-0.15, -0.1) is 0 Å². The normalized spacial score (nSPS) is 13.8. The van der Waals surface area contributed by atoms with E-state index in [1.807, 2.05) is 74.5 Å². The number of rotatable bonds is 16. The molecule has 1 unspecified atom stereocenters. The number of hydrogen-bond donors (Lipinski definition) is 4. The smallest absolute Gasteiger partial charge is 0.252 e. The van der Waals surface area contributed by atoms with Crippen molar-refractivity contribution in [1.29, 1.82) is 0 Å². The summed E-state index contributed by atoms with van der Waals surface area (Å²) in [5.74, 6) is -1.07. The molecule has 0 aliphatic rings. The zero-order valence-electron chi connectivity index (χ0n) is 26.0. The number of amides is 2. The number of carbonyl (C=O) groups excluding carboxylic acids is 2. The van der Waals surface area contributed by atoms with Crippen molar-refractivity contribution in [2.45, 2.75) is 69.5 Å². The minimum absolute atomic E-state index is 0.00656. The van der Waals surface area contributed by atoms with E-state index in [9.17, 15) is 23.1 Å². The van der Waals surface area contributed by atoms with E-state index in [1.165, 1.54) is 5.01 Å². The van der Waals surface area contributed by atoms with Gasteiger partial charge in [0.05, 0.1) is 23.6 Å². The molecular formula is C34H46N4O5S. The molecule has 44 heavy (non-hydrogen) atoms. The van der Waals surface area contributed by atoms with Gasteiger partial charge in [-0.1, -0.05) is 107 Å². The third-order valence-corrected chi connectivity index (χ3v) is 9.47. The molecule has 0 aliphatic carbocycles. The summed E-state index contributed by atoms with van der Waals surface area (Å²) in [6.45, 7) is 7.72. The maximum atomic E-state index is 13.6. The number of aliphatic hydroxyl groups is 1. The van der Waals surface area contributed by atoms with Crippen LogP contribution < -0.4 is 16.1 Å². The van der Waals surface area contributed by atoms with Crippen LogP contribution in [0.3, 0.4) is 0 Å². The number of carbonyl (C=O) groups is 2. The van der Waals surface area contributed by atoms with Crippen molar-refractivity contribution >= 4 is 21.7 Å². The van der Waals surface area contributed by atoms with E-state index < -0.39 is 33.3 Å². The zero-order valence-corrected chi connectivity index (χ0v) is 26.8. The molecule has 3 aromatic carbocycles. The number of hydrogen-bond acceptors (Lipinski definition) is 7. The predicted octanol–water partition coefficient (Wildman–Crippen LogP) is 3.70. The Labute approximate surface area is 262 Å². The largest absolute Gasteiger partial charge is 0.390 e. The Morgan fingerprint density at radius 1 is 0.818 bits per heavy atom. The van der Waals surface area contributed by atoms with Gasteiger partial charge in [0.25, 0.3) is 5.91 Å². The molecule has 0 bridgehead atoms. The summed E-state index contributed by atoms with van der Waals surface area (Å²) >= 11 is 0. The highest BCUT2D eigenvalue weighted by atomic mass is 32.2. The van der Waals surface area contributed by atoms with E-state index in [0.717, 1.165) is 11.1 Å². The molecule has 0 saturated carbocycles. The zero-order chi connectivity index (χ0) is 32.1. The highest BCUT2D eigenvalue weighted by Crippen LogP contribution is 2.21. The Hall–Kier alpha value is -3.57. The van der Waals surface area contributed by atoms with Gasteiger partial charge in [0.1, 0.15) is 5.37 Å². The second-order valence-electron chi connectivity index (χ2n) is 11.7. The van der Waals surface area contributed by atoms with Crippen LogP contribution in [0.1, 0.15) is 45.2 Å². The fraction of sp³-hybridized carbons (Fsp3) is 0.412. The second kappa shape index (κ2) is 17.1. The van der Waals surface area contributed by atoms with Gasteiger partial charge in [0.15, 0.2) is 9.84 Å². The Balaban J connectivity index is 1.84. The van der Waals surface area contributed by atoms with Crippen LogP contribution in [0.4, 0.5) is 0 Å². The standard InChI is InChI=1S/C34H46N4O5S/c1-25(2)20-33(41)38(37-32(40)24-35-22-28-16-10-6-11-17-28)30(21-27-14-8-5-9-15-27)31(39)23-36-34(26(3)4)44(42,43)29-18-12-7-13-19-29/h5-19,25-26,30-31,34-36,39H,20-24H2,1-4H3,(H,37,40)/t30-,31+,34?/m0/s1. The van der Waals surface area contributed by atoms with Crippen molar-refractivity contribution in [1.82, 2.24) is 21.1 Å². The lowest BCUT2D eigenvalue weighted by Gasteiger charge is -2.36. The molecule has 0 spiro atoms. The summed E-state index contributed by atoms with van der Waals surface area (Å²) in [5, 5.41) is 18.0. The lowest BCUT2D eigenvalue weighted by Crippen LogP contribution is -2.60.